The third-order valence-corrected chi connectivity index (χ3v) is 11.5. The fourth-order valence-electron chi connectivity index (χ4n) is 7.90. The first-order valence-corrected chi connectivity index (χ1v) is 20.3. The van der Waals surface area contributed by atoms with Crippen LogP contribution in [0.15, 0.2) is 138 Å². The van der Waals surface area contributed by atoms with Crippen molar-refractivity contribution in [1.29, 1.82) is 0 Å². The number of anilines is 4. The number of aromatic amines is 2. The fraction of sp³-hybridized carbons (Fsp3) is 0.208. The number of pyridine rings is 2. The molecule has 2 atom stereocenters. The van der Waals surface area contributed by atoms with Gasteiger partial charge in [0.25, 0.3) is 11.1 Å². The minimum absolute atomic E-state index is 0.0980. The van der Waals surface area contributed by atoms with Crippen LogP contribution in [0.5, 0.6) is 29.3 Å². The molecule has 0 amide bonds. The van der Waals surface area contributed by atoms with Gasteiger partial charge in [-0.3, -0.25) is 29.5 Å². The van der Waals surface area contributed by atoms with Crippen molar-refractivity contribution < 1.29 is 14.2 Å². The maximum absolute atomic E-state index is 12.5. The number of fused-ring (bicyclic) bond motifs is 3. The van der Waals surface area contributed by atoms with E-state index in [9.17, 15) is 9.59 Å². The predicted molar refractivity (Wildman–Crippen MR) is 237 cm³/mol. The van der Waals surface area contributed by atoms with Gasteiger partial charge in [0.1, 0.15) is 17.2 Å². The minimum Gasteiger partial charge on any atom is -0.492 e. The number of rotatable bonds is 13. The van der Waals surface area contributed by atoms with E-state index in [1.54, 1.807) is 30.7 Å². The van der Waals surface area contributed by atoms with E-state index < -0.39 is 0 Å². The summed E-state index contributed by atoms with van der Waals surface area (Å²) in [6.07, 6.45) is 8.21. The van der Waals surface area contributed by atoms with Crippen molar-refractivity contribution >= 4 is 44.6 Å². The SMILES string of the molecule is CCN(c1ccc(Oc2nc3cnccc3c(=O)[nH]2)cc1)c1ccc(C(C)CCC2(C)COc3cc(N(C)c4ccc(Oc5nc6cnccc6c(=O)[nH]5)cc4)ccc32)cc1. The van der Waals surface area contributed by atoms with Crippen molar-refractivity contribution in [3.63, 3.8) is 0 Å². The van der Waals surface area contributed by atoms with Gasteiger partial charge in [0.05, 0.1) is 40.8 Å². The van der Waals surface area contributed by atoms with Gasteiger partial charge in [-0.05, 0) is 110 Å². The van der Waals surface area contributed by atoms with Crippen molar-refractivity contribution in [2.45, 2.75) is 44.9 Å². The summed E-state index contributed by atoms with van der Waals surface area (Å²) in [5, 5.41) is 0.920. The van der Waals surface area contributed by atoms with E-state index in [4.69, 9.17) is 14.2 Å². The Morgan fingerprint density at radius 2 is 1.25 bits per heavy atom. The van der Waals surface area contributed by atoms with Crippen LogP contribution < -0.4 is 35.1 Å². The lowest BCUT2D eigenvalue weighted by atomic mass is 9.78. The van der Waals surface area contributed by atoms with Gasteiger partial charge < -0.3 is 24.0 Å². The molecular weight excluding hydrogens is 769 g/mol. The maximum atomic E-state index is 12.5. The molecular formula is C48H44N8O5. The van der Waals surface area contributed by atoms with Crippen LogP contribution in [-0.2, 0) is 5.41 Å². The van der Waals surface area contributed by atoms with Crippen molar-refractivity contribution in [3.8, 4) is 29.3 Å². The molecule has 4 aromatic heterocycles. The zero-order chi connectivity index (χ0) is 42.1. The highest BCUT2D eigenvalue weighted by Crippen LogP contribution is 2.45. The minimum atomic E-state index is -0.280. The molecule has 0 aliphatic carbocycles. The number of ether oxygens (including phenoxy) is 3. The molecule has 1 aliphatic rings. The summed E-state index contributed by atoms with van der Waals surface area (Å²) in [7, 11) is 2.02. The molecule has 0 radical (unpaired) electrons. The summed E-state index contributed by atoms with van der Waals surface area (Å²) in [5.74, 6) is 2.39. The smallest absolute Gasteiger partial charge is 0.302 e. The molecule has 61 heavy (non-hydrogen) atoms. The van der Waals surface area contributed by atoms with Gasteiger partial charge in [-0.1, -0.05) is 32.0 Å². The van der Waals surface area contributed by atoms with E-state index in [-0.39, 0.29) is 28.6 Å². The average molecular weight is 813 g/mol. The molecule has 8 aromatic rings. The molecule has 4 aromatic carbocycles. The molecule has 2 unspecified atom stereocenters. The van der Waals surface area contributed by atoms with Crippen LogP contribution >= 0.6 is 0 Å². The molecule has 0 bridgehead atoms. The van der Waals surface area contributed by atoms with E-state index in [1.165, 1.54) is 17.3 Å². The number of hydrogen-bond acceptors (Lipinski definition) is 11. The largest absolute Gasteiger partial charge is 0.492 e. The molecule has 9 rings (SSSR count). The summed E-state index contributed by atoms with van der Waals surface area (Å²) in [6.45, 7) is 8.15. The van der Waals surface area contributed by atoms with Crippen molar-refractivity contribution in [3.05, 3.63) is 160 Å². The van der Waals surface area contributed by atoms with E-state index in [1.807, 2.05) is 55.6 Å². The Hall–Kier alpha value is -7.54. The van der Waals surface area contributed by atoms with E-state index in [2.05, 4.69) is 103 Å². The van der Waals surface area contributed by atoms with Crippen LogP contribution in [0.3, 0.4) is 0 Å². The van der Waals surface area contributed by atoms with Gasteiger partial charge >= 0.3 is 12.0 Å². The van der Waals surface area contributed by atoms with E-state index in [0.29, 0.717) is 45.8 Å². The maximum Gasteiger partial charge on any atom is 0.302 e. The number of nitrogens with zero attached hydrogens (tertiary/aromatic N) is 6. The number of H-pyrrole nitrogens is 2. The molecule has 13 nitrogen and oxygen atoms in total. The lowest BCUT2D eigenvalue weighted by Gasteiger charge is -2.26. The molecule has 2 N–H and O–H groups in total. The highest BCUT2D eigenvalue weighted by atomic mass is 16.5. The third-order valence-electron chi connectivity index (χ3n) is 11.5. The first-order valence-electron chi connectivity index (χ1n) is 20.3. The molecule has 0 spiro atoms. The fourth-order valence-corrected chi connectivity index (χ4v) is 7.90. The Labute approximate surface area is 351 Å². The molecule has 0 fully saturated rings. The molecule has 306 valence electrons. The van der Waals surface area contributed by atoms with Crippen molar-refractivity contribution in [1.82, 2.24) is 29.9 Å². The normalized spacial score (nSPS) is 15.0. The Kier molecular flexibility index (Phi) is 10.4. The first-order chi connectivity index (χ1) is 29.6. The van der Waals surface area contributed by atoms with Crippen LogP contribution in [0.25, 0.3) is 21.8 Å². The summed E-state index contributed by atoms with van der Waals surface area (Å²) < 4.78 is 18.1. The number of benzene rings is 4. The lowest BCUT2D eigenvalue weighted by molar-refractivity contribution is 0.262. The summed E-state index contributed by atoms with van der Waals surface area (Å²) >= 11 is 0. The second kappa shape index (κ2) is 16.3. The third kappa shape index (κ3) is 7.97. The van der Waals surface area contributed by atoms with E-state index >= 15 is 0 Å². The molecule has 0 saturated heterocycles. The van der Waals surface area contributed by atoms with Gasteiger partial charge in [0.2, 0.25) is 0 Å². The number of hydrogen-bond donors (Lipinski definition) is 2. The average Bonchev–Trinajstić information content (AvgIpc) is 3.62. The lowest BCUT2D eigenvalue weighted by Crippen LogP contribution is -2.24. The van der Waals surface area contributed by atoms with Gasteiger partial charge in [0.15, 0.2) is 0 Å². The van der Waals surface area contributed by atoms with Crippen molar-refractivity contribution in [2.24, 2.45) is 0 Å². The summed E-state index contributed by atoms with van der Waals surface area (Å²) in [6, 6.07) is 34.2. The highest BCUT2D eigenvalue weighted by molar-refractivity contribution is 5.77. The second-order valence-corrected chi connectivity index (χ2v) is 15.6. The molecule has 1 aliphatic heterocycles. The zero-order valence-corrected chi connectivity index (χ0v) is 34.3. The summed E-state index contributed by atoms with van der Waals surface area (Å²) in [4.78, 5) is 51.5. The van der Waals surface area contributed by atoms with Crippen LogP contribution in [0.2, 0.25) is 0 Å². The zero-order valence-electron chi connectivity index (χ0n) is 34.3. The Balaban J connectivity index is 0.805. The van der Waals surface area contributed by atoms with E-state index in [0.717, 1.165) is 47.9 Å². The van der Waals surface area contributed by atoms with Gasteiger partial charge in [-0.25, -0.2) is 0 Å². The molecule has 13 heteroatoms. The van der Waals surface area contributed by atoms with Gasteiger partial charge in [-0.2, -0.15) is 9.97 Å². The Bertz CT molecular complexity index is 2970. The van der Waals surface area contributed by atoms with Crippen LogP contribution in [0.4, 0.5) is 22.7 Å². The molecule has 0 saturated carbocycles. The van der Waals surface area contributed by atoms with Crippen molar-refractivity contribution in [2.75, 3.05) is 30.0 Å². The topological polar surface area (TPSA) is 151 Å². The highest BCUT2D eigenvalue weighted by Gasteiger charge is 2.36. The Morgan fingerprint density at radius 3 is 1.80 bits per heavy atom. The Morgan fingerprint density at radius 1 is 0.721 bits per heavy atom. The van der Waals surface area contributed by atoms with Gasteiger partial charge in [-0.15, -0.1) is 0 Å². The van der Waals surface area contributed by atoms with Crippen LogP contribution in [0.1, 0.15) is 50.7 Å². The number of nitrogens with one attached hydrogen (secondary N) is 2. The van der Waals surface area contributed by atoms with Gasteiger partial charge in [0, 0.05) is 65.8 Å². The quantitative estimate of drug-likeness (QED) is 0.115. The van der Waals surface area contributed by atoms with Crippen LogP contribution in [0, 0.1) is 0 Å². The summed E-state index contributed by atoms with van der Waals surface area (Å²) in [5.41, 5.74) is 6.93. The number of aromatic nitrogens is 6. The first kappa shape index (κ1) is 38.9. The predicted octanol–water partition coefficient (Wildman–Crippen LogP) is 9.69. The van der Waals surface area contributed by atoms with Crippen LogP contribution in [-0.4, -0.2) is 50.1 Å². The molecule has 5 heterocycles. The standard InChI is InChI=1S/C48H44N8O5/c1-5-56(34-12-17-37(18-13-34)61-47-52-42-28-50-25-22-39(42)45(58)54-47)33-8-6-31(7-9-33)30(2)20-23-48(3)29-59-43-26-35(14-19-40(43)48)55(4)32-10-15-36(16-11-32)60-46-51-41-27-49-24-21-38(41)44(57)53-46/h6-19,21-22,24-28,30H,5,20,23,29H2,1-4H3,(H,51,53,57)(H,52,54,58). The second-order valence-electron chi connectivity index (χ2n) is 15.6. The monoisotopic (exact) mass is 812 g/mol.